The van der Waals surface area contributed by atoms with E-state index in [1.165, 1.54) is 29.5 Å². The lowest BCUT2D eigenvalue weighted by molar-refractivity contribution is -0.147. The summed E-state index contributed by atoms with van der Waals surface area (Å²) in [4.78, 5) is 21.7. The van der Waals surface area contributed by atoms with E-state index in [1.807, 2.05) is 0 Å². The van der Waals surface area contributed by atoms with E-state index in [2.05, 4.69) is 25.1 Å². The molecule has 1 saturated carbocycles. The van der Waals surface area contributed by atoms with Gasteiger partial charge in [-0.1, -0.05) is 37.5 Å². The van der Waals surface area contributed by atoms with Gasteiger partial charge in [0.05, 0.1) is 5.41 Å². The molecule has 2 rings (SSSR count). The van der Waals surface area contributed by atoms with E-state index in [-0.39, 0.29) is 5.60 Å². The molecule has 4 heteroatoms. The predicted molar refractivity (Wildman–Crippen MR) is 116 cm³/mol. The predicted octanol–water partition coefficient (Wildman–Crippen LogP) is 6.02. The lowest BCUT2D eigenvalue weighted by atomic mass is 9.87. The maximum atomic E-state index is 11.1. The molecule has 29 heavy (non-hydrogen) atoms. The molecule has 0 saturated heterocycles. The first-order valence-corrected chi connectivity index (χ1v) is 11.2. The lowest BCUT2D eigenvalue weighted by Crippen LogP contribution is -2.23. The van der Waals surface area contributed by atoms with Crippen molar-refractivity contribution in [1.29, 1.82) is 0 Å². The standard InChI is InChI=1S/C25H38O4/c1-20-18-21(10-6-4-9-15-25(16-17-25)29-19-26)12-13-22(20)11-7-5-8-14-24(2,3)23(27)28/h12-13,18-19H,4-11,14-17H2,1-3H3,(H,27,28). The first-order valence-electron chi connectivity index (χ1n) is 11.2. The molecule has 4 nitrogen and oxygen atoms in total. The Hall–Kier alpha value is -1.84. The quantitative estimate of drug-likeness (QED) is 0.288. The van der Waals surface area contributed by atoms with Gasteiger partial charge in [-0.25, -0.2) is 0 Å². The Morgan fingerprint density at radius 3 is 2.41 bits per heavy atom. The number of aliphatic carboxylic acids is 1. The van der Waals surface area contributed by atoms with Crippen LogP contribution in [0, 0.1) is 12.3 Å². The number of benzene rings is 1. The van der Waals surface area contributed by atoms with Gasteiger partial charge < -0.3 is 9.84 Å². The highest BCUT2D eigenvalue weighted by atomic mass is 16.5. The molecule has 0 aromatic heterocycles. The maximum absolute atomic E-state index is 11.1. The highest BCUT2D eigenvalue weighted by Crippen LogP contribution is 2.43. The summed E-state index contributed by atoms with van der Waals surface area (Å²) in [6, 6.07) is 6.84. The van der Waals surface area contributed by atoms with Crippen LogP contribution >= 0.6 is 0 Å². The molecule has 1 fully saturated rings. The first kappa shape index (κ1) is 23.4. The minimum atomic E-state index is -0.703. The van der Waals surface area contributed by atoms with Crippen molar-refractivity contribution in [2.45, 2.75) is 103 Å². The zero-order valence-corrected chi connectivity index (χ0v) is 18.5. The van der Waals surface area contributed by atoms with Crippen LogP contribution < -0.4 is 0 Å². The van der Waals surface area contributed by atoms with Crippen LogP contribution in [0.4, 0.5) is 0 Å². The van der Waals surface area contributed by atoms with Crippen LogP contribution in [0.1, 0.15) is 94.7 Å². The molecule has 1 aliphatic carbocycles. The summed E-state index contributed by atoms with van der Waals surface area (Å²) in [5.41, 5.74) is 3.46. The van der Waals surface area contributed by atoms with Gasteiger partial charge in [0.2, 0.25) is 0 Å². The van der Waals surface area contributed by atoms with Crippen LogP contribution in [-0.4, -0.2) is 23.1 Å². The Labute approximate surface area is 176 Å². The smallest absolute Gasteiger partial charge is 0.309 e. The molecule has 1 aromatic carbocycles. The topological polar surface area (TPSA) is 63.6 Å². The average molecular weight is 403 g/mol. The fraction of sp³-hybridized carbons (Fsp3) is 0.680. The zero-order valence-electron chi connectivity index (χ0n) is 18.5. The number of hydrogen-bond acceptors (Lipinski definition) is 3. The monoisotopic (exact) mass is 402 g/mol. The second-order valence-corrected chi connectivity index (χ2v) is 9.47. The van der Waals surface area contributed by atoms with Crippen molar-refractivity contribution < 1.29 is 19.4 Å². The molecule has 1 N–H and O–H groups in total. The molecule has 1 aromatic rings. The van der Waals surface area contributed by atoms with Crippen molar-refractivity contribution in [2.75, 3.05) is 0 Å². The van der Waals surface area contributed by atoms with E-state index in [0.717, 1.165) is 64.2 Å². The first-order chi connectivity index (χ1) is 13.8. The van der Waals surface area contributed by atoms with Crippen molar-refractivity contribution in [1.82, 2.24) is 0 Å². The summed E-state index contributed by atoms with van der Waals surface area (Å²) in [6.45, 7) is 6.41. The van der Waals surface area contributed by atoms with E-state index < -0.39 is 11.4 Å². The fourth-order valence-electron chi connectivity index (χ4n) is 3.98. The van der Waals surface area contributed by atoms with E-state index in [0.29, 0.717) is 6.47 Å². The number of carboxylic acid groups (broad SMARTS) is 1. The van der Waals surface area contributed by atoms with Crippen molar-refractivity contribution in [2.24, 2.45) is 5.41 Å². The number of hydrogen-bond donors (Lipinski definition) is 1. The molecule has 162 valence electrons. The largest absolute Gasteiger partial charge is 0.481 e. The molecule has 0 atom stereocenters. The number of unbranched alkanes of at least 4 members (excludes halogenated alkanes) is 4. The molecule has 0 radical (unpaired) electrons. The molecule has 0 aliphatic heterocycles. The maximum Gasteiger partial charge on any atom is 0.309 e. The summed E-state index contributed by atoms with van der Waals surface area (Å²) >= 11 is 0. The Balaban J connectivity index is 1.62. The summed E-state index contributed by atoms with van der Waals surface area (Å²) in [5, 5.41) is 9.17. The number of ether oxygens (including phenoxy) is 1. The molecular formula is C25H38O4. The number of rotatable bonds is 15. The third-order valence-corrected chi connectivity index (χ3v) is 6.44. The third-order valence-electron chi connectivity index (χ3n) is 6.44. The number of carboxylic acids is 1. The summed E-state index contributed by atoms with van der Waals surface area (Å²) in [5.74, 6) is -0.703. The van der Waals surface area contributed by atoms with Crippen LogP contribution in [0.25, 0.3) is 0 Å². The van der Waals surface area contributed by atoms with Gasteiger partial charge in [-0.2, -0.15) is 0 Å². The van der Waals surface area contributed by atoms with E-state index in [9.17, 15) is 14.7 Å². The highest BCUT2D eigenvalue weighted by Gasteiger charge is 2.44. The second-order valence-electron chi connectivity index (χ2n) is 9.47. The van der Waals surface area contributed by atoms with E-state index in [4.69, 9.17) is 4.74 Å². The van der Waals surface area contributed by atoms with Crippen molar-refractivity contribution in [3.05, 3.63) is 34.9 Å². The summed E-state index contributed by atoms with van der Waals surface area (Å²) in [7, 11) is 0. The Morgan fingerprint density at radius 1 is 1.10 bits per heavy atom. The van der Waals surface area contributed by atoms with Gasteiger partial charge in [0.1, 0.15) is 5.60 Å². The van der Waals surface area contributed by atoms with Crippen molar-refractivity contribution in [3.63, 3.8) is 0 Å². The minimum Gasteiger partial charge on any atom is -0.481 e. The van der Waals surface area contributed by atoms with Crippen LogP contribution in [-0.2, 0) is 27.2 Å². The minimum absolute atomic E-state index is 0.108. The van der Waals surface area contributed by atoms with Gasteiger partial charge in [0.25, 0.3) is 6.47 Å². The summed E-state index contributed by atoms with van der Waals surface area (Å²) in [6.07, 6.45) is 12.6. The van der Waals surface area contributed by atoms with Gasteiger partial charge in [0, 0.05) is 0 Å². The zero-order chi connectivity index (χ0) is 21.3. The van der Waals surface area contributed by atoms with Gasteiger partial charge in [-0.3, -0.25) is 9.59 Å². The Bertz CT molecular complexity index is 673. The Kier molecular flexibility index (Phi) is 8.73. The Morgan fingerprint density at radius 2 is 1.79 bits per heavy atom. The third kappa shape index (κ3) is 7.83. The average Bonchev–Trinajstić information content (AvgIpc) is 3.42. The molecule has 0 amide bonds. The van der Waals surface area contributed by atoms with Crippen molar-refractivity contribution in [3.8, 4) is 0 Å². The molecular weight excluding hydrogens is 364 g/mol. The fourth-order valence-corrected chi connectivity index (χ4v) is 3.98. The second kappa shape index (κ2) is 10.8. The van der Waals surface area contributed by atoms with Gasteiger partial charge in [0.15, 0.2) is 0 Å². The van der Waals surface area contributed by atoms with E-state index in [1.54, 1.807) is 13.8 Å². The SMILES string of the molecule is Cc1cc(CCCCCC2(OC=O)CC2)ccc1CCCCCC(C)(C)C(=O)O. The summed E-state index contributed by atoms with van der Waals surface area (Å²) < 4.78 is 5.20. The lowest BCUT2D eigenvalue weighted by Gasteiger charge is -2.18. The van der Waals surface area contributed by atoms with Gasteiger partial charge >= 0.3 is 5.97 Å². The van der Waals surface area contributed by atoms with Crippen LogP contribution in [0.5, 0.6) is 0 Å². The van der Waals surface area contributed by atoms with Crippen LogP contribution in [0.2, 0.25) is 0 Å². The van der Waals surface area contributed by atoms with Gasteiger partial charge in [-0.15, -0.1) is 0 Å². The van der Waals surface area contributed by atoms with E-state index >= 15 is 0 Å². The number of aryl methyl sites for hydroxylation is 3. The molecule has 0 heterocycles. The van der Waals surface area contributed by atoms with Crippen molar-refractivity contribution >= 4 is 12.4 Å². The number of carbonyl (C=O) groups is 2. The molecule has 0 bridgehead atoms. The van der Waals surface area contributed by atoms with Gasteiger partial charge in [-0.05, 0) is 95.2 Å². The van der Waals surface area contributed by atoms with Crippen LogP contribution in [0.15, 0.2) is 18.2 Å². The molecule has 0 spiro atoms. The normalized spacial score (nSPS) is 15.1. The molecule has 0 unspecified atom stereocenters. The van der Waals surface area contributed by atoms with Crippen LogP contribution in [0.3, 0.4) is 0 Å². The highest BCUT2D eigenvalue weighted by molar-refractivity contribution is 5.73. The number of carbonyl (C=O) groups excluding carboxylic acids is 1. The molecule has 1 aliphatic rings.